The molecule has 0 fully saturated rings. The molecule has 0 aliphatic rings. The van der Waals surface area contributed by atoms with Crippen molar-refractivity contribution < 1.29 is 28.7 Å². The van der Waals surface area contributed by atoms with Crippen LogP contribution in [0.1, 0.15) is 61.5 Å². The molecule has 34 heavy (non-hydrogen) atoms. The maximum absolute atomic E-state index is 11.8. The van der Waals surface area contributed by atoms with Crippen LogP contribution < -0.4 is 10.6 Å². The highest BCUT2D eigenvalue weighted by atomic mass is 16.5. The maximum Gasteiger partial charge on any atom is 0.328 e. The molecule has 0 spiro atoms. The van der Waals surface area contributed by atoms with E-state index < -0.39 is 24.0 Å². The van der Waals surface area contributed by atoms with Crippen LogP contribution in [0.5, 0.6) is 0 Å². The molecule has 2 rings (SSSR count). The molecule has 188 valence electrons. The van der Waals surface area contributed by atoms with Gasteiger partial charge < -0.3 is 30.1 Å². The van der Waals surface area contributed by atoms with Gasteiger partial charge in [-0.1, -0.05) is 27.7 Å². The normalized spacial score (nSPS) is 12.2. The van der Waals surface area contributed by atoms with Gasteiger partial charge in [0, 0.05) is 12.4 Å². The molecule has 10 heteroatoms. The first-order valence-electron chi connectivity index (χ1n) is 11.1. The average Bonchev–Trinajstić information content (AvgIpc) is 3.51. The van der Waals surface area contributed by atoms with Gasteiger partial charge >= 0.3 is 11.9 Å². The predicted molar refractivity (Wildman–Crippen MR) is 127 cm³/mol. The Labute approximate surface area is 200 Å². The van der Waals surface area contributed by atoms with Gasteiger partial charge in [-0.3, -0.25) is 9.59 Å². The molecular formula is C24H36N4O6. The summed E-state index contributed by atoms with van der Waals surface area (Å²) in [7, 11) is 2.63. The van der Waals surface area contributed by atoms with Crippen molar-refractivity contribution in [1.82, 2.24) is 20.6 Å². The van der Waals surface area contributed by atoms with E-state index in [1.165, 1.54) is 14.2 Å². The van der Waals surface area contributed by atoms with Gasteiger partial charge in [0.25, 0.3) is 11.8 Å². The first-order valence-corrected chi connectivity index (χ1v) is 11.1. The van der Waals surface area contributed by atoms with Crippen LogP contribution in [0.15, 0.2) is 36.7 Å². The molecule has 2 aromatic rings. The van der Waals surface area contributed by atoms with E-state index in [-0.39, 0.29) is 11.8 Å². The van der Waals surface area contributed by atoms with Crippen LogP contribution in [0.3, 0.4) is 0 Å². The number of carbonyl (C=O) groups is 4. The zero-order valence-electron chi connectivity index (χ0n) is 20.6. The Morgan fingerprint density at radius 3 is 1.32 bits per heavy atom. The van der Waals surface area contributed by atoms with Crippen LogP contribution in [0.25, 0.3) is 0 Å². The highest BCUT2D eigenvalue weighted by Crippen LogP contribution is 2.08. The third-order valence-electron chi connectivity index (χ3n) is 4.68. The first-order chi connectivity index (χ1) is 16.1. The average molecular weight is 477 g/mol. The fourth-order valence-corrected chi connectivity index (χ4v) is 3.07. The van der Waals surface area contributed by atoms with Gasteiger partial charge in [-0.05, 0) is 48.9 Å². The van der Waals surface area contributed by atoms with Crippen molar-refractivity contribution in [3.8, 4) is 0 Å². The van der Waals surface area contributed by atoms with Crippen LogP contribution in [0, 0.1) is 11.8 Å². The lowest BCUT2D eigenvalue weighted by Gasteiger charge is -2.17. The Hall–Kier alpha value is -3.56. The minimum atomic E-state index is -0.601. The summed E-state index contributed by atoms with van der Waals surface area (Å²) in [5, 5.41) is 5.31. The van der Waals surface area contributed by atoms with Crippen LogP contribution in [-0.2, 0) is 19.1 Å². The monoisotopic (exact) mass is 476 g/mol. The Kier molecular flexibility index (Phi) is 12.2. The second-order valence-electron chi connectivity index (χ2n) is 8.53. The van der Waals surface area contributed by atoms with Crippen molar-refractivity contribution in [3.63, 3.8) is 0 Å². The Morgan fingerprint density at radius 1 is 0.735 bits per heavy atom. The van der Waals surface area contributed by atoms with Crippen molar-refractivity contribution in [3.05, 3.63) is 48.0 Å². The second-order valence-corrected chi connectivity index (χ2v) is 8.53. The number of rotatable bonds is 10. The van der Waals surface area contributed by atoms with E-state index in [0.717, 1.165) is 0 Å². The van der Waals surface area contributed by atoms with Crippen molar-refractivity contribution >= 4 is 23.8 Å². The largest absolute Gasteiger partial charge is 0.467 e. The fourth-order valence-electron chi connectivity index (χ4n) is 3.07. The molecule has 0 unspecified atom stereocenters. The van der Waals surface area contributed by atoms with Crippen molar-refractivity contribution in [2.45, 2.75) is 52.6 Å². The molecule has 2 heterocycles. The molecule has 2 aromatic heterocycles. The molecule has 0 aliphatic carbocycles. The third-order valence-corrected chi connectivity index (χ3v) is 4.68. The molecular weight excluding hydrogens is 440 g/mol. The summed E-state index contributed by atoms with van der Waals surface area (Å²) >= 11 is 0. The summed E-state index contributed by atoms with van der Waals surface area (Å²) in [6.07, 6.45) is 4.42. The lowest BCUT2D eigenvalue weighted by atomic mass is 10.0. The van der Waals surface area contributed by atoms with Crippen molar-refractivity contribution in [1.29, 1.82) is 0 Å². The minimum absolute atomic E-state index is 0.294. The van der Waals surface area contributed by atoms with Gasteiger partial charge in [-0.2, -0.15) is 0 Å². The molecule has 0 aliphatic heterocycles. The third kappa shape index (κ3) is 9.93. The number of hydrogen-bond acceptors (Lipinski definition) is 6. The van der Waals surface area contributed by atoms with Gasteiger partial charge in [0.2, 0.25) is 0 Å². The highest BCUT2D eigenvalue weighted by Gasteiger charge is 2.24. The number of ether oxygens (including phenoxy) is 2. The molecule has 10 nitrogen and oxygen atoms in total. The Balaban J connectivity index is 0.000000340. The van der Waals surface area contributed by atoms with E-state index >= 15 is 0 Å². The van der Waals surface area contributed by atoms with Gasteiger partial charge in [0.15, 0.2) is 0 Å². The quantitative estimate of drug-likeness (QED) is 0.388. The molecule has 0 radical (unpaired) electrons. The second kappa shape index (κ2) is 14.6. The Bertz CT molecular complexity index is 816. The number of esters is 2. The van der Waals surface area contributed by atoms with E-state index in [1.807, 2.05) is 27.7 Å². The number of methoxy groups -OCH3 is 2. The van der Waals surface area contributed by atoms with Gasteiger partial charge in [-0.15, -0.1) is 0 Å². The zero-order chi connectivity index (χ0) is 25.7. The number of hydrogen-bond donors (Lipinski definition) is 4. The van der Waals surface area contributed by atoms with Crippen LogP contribution in [0.2, 0.25) is 0 Å². The summed E-state index contributed by atoms with van der Waals surface area (Å²) < 4.78 is 9.34. The summed E-state index contributed by atoms with van der Waals surface area (Å²) in [6, 6.07) is 5.55. The molecule has 0 saturated heterocycles. The van der Waals surface area contributed by atoms with Crippen LogP contribution >= 0.6 is 0 Å². The molecule has 2 atom stereocenters. The van der Waals surface area contributed by atoms with Gasteiger partial charge in [0.1, 0.15) is 23.5 Å². The topological polar surface area (TPSA) is 142 Å². The zero-order valence-corrected chi connectivity index (χ0v) is 20.6. The van der Waals surface area contributed by atoms with Crippen LogP contribution in [-0.4, -0.2) is 60.0 Å². The first kappa shape index (κ1) is 28.5. The number of H-pyrrole nitrogens is 2. The number of amides is 2. The fraction of sp³-hybridized carbons (Fsp3) is 0.500. The van der Waals surface area contributed by atoms with Crippen molar-refractivity contribution in [2.24, 2.45) is 11.8 Å². The molecule has 4 N–H and O–H groups in total. The molecule has 0 bridgehead atoms. The number of nitrogens with one attached hydrogen (secondary N) is 4. The summed E-state index contributed by atoms with van der Waals surface area (Å²) in [5.41, 5.74) is 0.866. The lowest BCUT2D eigenvalue weighted by Crippen LogP contribution is -2.42. The van der Waals surface area contributed by atoms with E-state index in [1.54, 1.807) is 36.7 Å². The van der Waals surface area contributed by atoms with Gasteiger partial charge in [0.05, 0.1) is 14.2 Å². The molecule has 0 aromatic carbocycles. The van der Waals surface area contributed by atoms with Crippen LogP contribution in [0.4, 0.5) is 0 Å². The number of aromatic nitrogens is 2. The van der Waals surface area contributed by atoms with E-state index in [0.29, 0.717) is 36.1 Å². The number of carbonyl (C=O) groups excluding carboxylic acids is 4. The SMILES string of the molecule is COC(=O)[C@H](CC(C)C)NC(=O)c1ccc[nH]1.COC(=O)[C@H](CC(C)C)NC(=O)c1ccc[nH]1. The predicted octanol–water partition coefficient (Wildman–Crippen LogP) is 2.66. The standard InChI is InChI=1S/2C12H18N2O3/c2*1-8(2)7-10(12(16)17-3)14-11(15)9-5-4-6-13-9/h2*4-6,8,10,13H,7H2,1-3H3,(H,14,15)/t2*10-/m00/s1. The molecule has 0 saturated carbocycles. The van der Waals surface area contributed by atoms with E-state index in [2.05, 4.69) is 30.1 Å². The minimum Gasteiger partial charge on any atom is -0.467 e. The highest BCUT2D eigenvalue weighted by molar-refractivity contribution is 5.95. The Morgan fingerprint density at radius 2 is 1.09 bits per heavy atom. The lowest BCUT2D eigenvalue weighted by molar-refractivity contribution is -0.144. The van der Waals surface area contributed by atoms with E-state index in [9.17, 15) is 19.2 Å². The summed E-state index contributed by atoms with van der Waals surface area (Å²) in [5.74, 6) is -0.847. The summed E-state index contributed by atoms with van der Waals surface area (Å²) in [6.45, 7) is 7.93. The van der Waals surface area contributed by atoms with Crippen molar-refractivity contribution in [2.75, 3.05) is 14.2 Å². The maximum atomic E-state index is 11.8. The van der Waals surface area contributed by atoms with Gasteiger partial charge in [-0.25, -0.2) is 9.59 Å². The molecule has 2 amide bonds. The van der Waals surface area contributed by atoms with E-state index in [4.69, 9.17) is 0 Å². The summed E-state index contributed by atoms with van der Waals surface area (Å²) in [4.78, 5) is 52.1. The number of aromatic amines is 2. The smallest absolute Gasteiger partial charge is 0.328 e.